The Labute approximate surface area is 157 Å². The van der Waals surface area contributed by atoms with Crippen molar-refractivity contribution in [1.82, 2.24) is 20.0 Å². The summed E-state index contributed by atoms with van der Waals surface area (Å²) in [7, 11) is 3.23. The molecule has 0 bridgehead atoms. The fraction of sp³-hybridized carbons (Fsp3) is 0.190. The van der Waals surface area contributed by atoms with Crippen molar-refractivity contribution in [3.63, 3.8) is 0 Å². The number of nitrogens with zero attached hydrogens (tertiary/aromatic N) is 4. The molecule has 0 fully saturated rings. The lowest BCUT2D eigenvalue weighted by atomic mass is 10.1. The summed E-state index contributed by atoms with van der Waals surface area (Å²) in [5.74, 6) is 1.29. The molecule has 136 valence electrons. The first kappa shape index (κ1) is 17.0. The molecular formula is C21H20N4O2. The van der Waals surface area contributed by atoms with E-state index in [1.165, 1.54) is 11.1 Å². The first-order valence-corrected chi connectivity index (χ1v) is 8.64. The van der Waals surface area contributed by atoms with Crippen molar-refractivity contribution in [2.45, 2.75) is 13.5 Å². The van der Waals surface area contributed by atoms with Crippen LogP contribution in [0.2, 0.25) is 0 Å². The SMILES string of the molecule is COc1cc2nncc(-c3cnn(Cc4ccccc4C)c3)c2cc1OC. The van der Waals surface area contributed by atoms with Crippen molar-refractivity contribution < 1.29 is 9.47 Å². The molecule has 0 aliphatic heterocycles. The maximum Gasteiger partial charge on any atom is 0.162 e. The minimum atomic E-state index is 0.631. The van der Waals surface area contributed by atoms with Gasteiger partial charge in [0.2, 0.25) is 0 Å². The predicted octanol–water partition coefficient (Wildman–Crippen LogP) is 3.87. The van der Waals surface area contributed by atoms with Crippen LogP contribution in [0.3, 0.4) is 0 Å². The van der Waals surface area contributed by atoms with Crippen LogP contribution in [0.25, 0.3) is 22.0 Å². The number of methoxy groups -OCH3 is 2. The van der Waals surface area contributed by atoms with E-state index in [9.17, 15) is 0 Å². The summed E-state index contributed by atoms with van der Waals surface area (Å²) in [5.41, 5.74) is 5.18. The van der Waals surface area contributed by atoms with E-state index in [1.807, 2.05) is 41.3 Å². The van der Waals surface area contributed by atoms with Gasteiger partial charge < -0.3 is 9.47 Å². The highest BCUT2D eigenvalue weighted by atomic mass is 16.5. The van der Waals surface area contributed by atoms with Crippen molar-refractivity contribution in [2.24, 2.45) is 0 Å². The number of hydrogen-bond acceptors (Lipinski definition) is 5. The molecule has 0 atom stereocenters. The van der Waals surface area contributed by atoms with E-state index in [4.69, 9.17) is 9.47 Å². The fourth-order valence-electron chi connectivity index (χ4n) is 3.17. The Bertz CT molecular complexity index is 1100. The molecule has 0 aliphatic carbocycles. The van der Waals surface area contributed by atoms with Gasteiger partial charge in [-0.3, -0.25) is 4.68 Å². The topological polar surface area (TPSA) is 62.1 Å². The van der Waals surface area contributed by atoms with Gasteiger partial charge in [-0.15, -0.1) is 0 Å². The van der Waals surface area contributed by atoms with Crippen molar-refractivity contribution in [2.75, 3.05) is 14.2 Å². The number of rotatable bonds is 5. The third-order valence-electron chi connectivity index (χ3n) is 4.68. The van der Waals surface area contributed by atoms with E-state index in [2.05, 4.69) is 34.4 Å². The molecule has 0 N–H and O–H groups in total. The molecule has 0 spiro atoms. The van der Waals surface area contributed by atoms with Gasteiger partial charge in [-0.2, -0.15) is 15.3 Å². The Morgan fingerprint density at radius 2 is 1.78 bits per heavy atom. The standard InChI is InChI=1S/C21H20N4O2/c1-14-6-4-5-7-15(14)12-25-13-16(10-23-25)18-11-22-24-19-9-21(27-3)20(26-2)8-17(18)19/h4-11,13H,12H2,1-3H3. The quantitative estimate of drug-likeness (QED) is 0.541. The molecule has 6 heteroatoms. The molecular weight excluding hydrogens is 340 g/mol. The molecule has 0 amide bonds. The molecule has 0 radical (unpaired) electrons. The Morgan fingerprint density at radius 1 is 1.00 bits per heavy atom. The zero-order chi connectivity index (χ0) is 18.8. The van der Waals surface area contributed by atoms with Crippen LogP contribution in [0, 0.1) is 6.92 Å². The number of fused-ring (bicyclic) bond motifs is 1. The van der Waals surface area contributed by atoms with Gasteiger partial charge in [-0.1, -0.05) is 24.3 Å². The normalized spacial score (nSPS) is 10.9. The van der Waals surface area contributed by atoms with Crippen LogP contribution in [-0.2, 0) is 6.54 Å². The lowest BCUT2D eigenvalue weighted by Crippen LogP contribution is -2.01. The van der Waals surface area contributed by atoms with E-state index in [-0.39, 0.29) is 0 Å². The second-order valence-electron chi connectivity index (χ2n) is 6.34. The van der Waals surface area contributed by atoms with Crippen LogP contribution in [0.1, 0.15) is 11.1 Å². The van der Waals surface area contributed by atoms with Crippen molar-refractivity contribution in [3.8, 4) is 22.6 Å². The Hall–Kier alpha value is -3.41. The lowest BCUT2D eigenvalue weighted by Gasteiger charge is -2.10. The number of hydrogen-bond donors (Lipinski definition) is 0. The van der Waals surface area contributed by atoms with Gasteiger partial charge in [-0.05, 0) is 24.1 Å². The highest BCUT2D eigenvalue weighted by molar-refractivity contribution is 5.95. The Morgan fingerprint density at radius 3 is 2.56 bits per heavy atom. The second-order valence-corrected chi connectivity index (χ2v) is 6.34. The number of benzene rings is 2. The predicted molar refractivity (Wildman–Crippen MR) is 104 cm³/mol. The minimum Gasteiger partial charge on any atom is -0.493 e. The third-order valence-corrected chi connectivity index (χ3v) is 4.68. The van der Waals surface area contributed by atoms with Gasteiger partial charge in [-0.25, -0.2) is 0 Å². The average Bonchev–Trinajstić information content (AvgIpc) is 3.16. The van der Waals surface area contributed by atoms with Gasteiger partial charge >= 0.3 is 0 Å². The Kier molecular flexibility index (Phi) is 4.46. The highest BCUT2D eigenvalue weighted by Gasteiger charge is 2.13. The zero-order valence-corrected chi connectivity index (χ0v) is 15.5. The summed E-state index contributed by atoms with van der Waals surface area (Å²) >= 11 is 0. The van der Waals surface area contributed by atoms with Crippen molar-refractivity contribution in [3.05, 3.63) is 66.1 Å². The maximum atomic E-state index is 5.44. The molecule has 27 heavy (non-hydrogen) atoms. The molecule has 0 unspecified atom stereocenters. The van der Waals surface area contributed by atoms with E-state index >= 15 is 0 Å². The summed E-state index contributed by atoms with van der Waals surface area (Å²) in [6.45, 7) is 2.83. The number of aryl methyl sites for hydroxylation is 1. The molecule has 0 saturated carbocycles. The Balaban J connectivity index is 1.75. The van der Waals surface area contributed by atoms with Crippen LogP contribution in [0.15, 0.2) is 55.0 Å². The summed E-state index contributed by atoms with van der Waals surface area (Å²) < 4.78 is 12.7. The molecule has 0 saturated heterocycles. The molecule has 2 aromatic heterocycles. The molecule has 6 nitrogen and oxygen atoms in total. The van der Waals surface area contributed by atoms with Crippen molar-refractivity contribution in [1.29, 1.82) is 0 Å². The molecule has 2 aromatic carbocycles. The molecule has 4 rings (SSSR count). The van der Waals surface area contributed by atoms with Gasteiger partial charge in [0.05, 0.1) is 38.7 Å². The van der Waals surface area contributed by atoms with E-state index < -0.39 is 0 Å². The molecule has 0 aliphatic rings. The van der Waals surface area contributed by atoms with Crippen LogP contribution in [0.5, 0.6) is 11.5 Å². The first-order valence-electron chi connectivity index (χ1n) is 8.64. The van der Waals surface area contributed by atoms with E-state index in [0.29, 0.717) is 11.5 Å². The van der Waals surface area contributed by atoms with Crippen LogP contribution < -0.4 is 9.47 Å². The third kappa shape index (κ3) is 3.21. The maximum absolute atomic E-state index is 5.44. The number of ether oxygens (including phenoxy) is 2. The van der Waals surface area contributed by atoms with E-state index in [0.717, 1.165) is 28.6 Å². The van der Waals surface area contributed by atoms with Gasteiger partial charge in [0, 0.05) is 28.8 Å². The second kappa shape index (κ2) is 7.07. The van der Waals surface area contributed by atoms with Gasteiger partial charge in [0.25, 0.3) is 0 Å². The molecule has 4 aromatic rings. The van der Waals surface area contributed by atoms with E-state index in [1.54, 1.807) is 20.4 Å². The smallest absolute Gasteiger partial charge is 0.162 e. The summed E-state index contributed by atoms with van der Waals surface area (Å²) in [6, 6.07) is 12.1. The van der Waals surface area contributed by atoms with Crippen LogP contribution >= 0.6 is 0 Å². The summed E-state index contributed by atoms with van der Waals surface area (Å²) in [4.78, 5) is 0. The molecule has 2 heterocycles. The monoisotopic (exact) mass is 360 g/mol. The zero-order valence-electron chi connectivity index (χ0n) is 15.5. The largest absolute Gasteiger partial charge is 0.493 e. The lowest BCUT2D eigenvalue weighted by molar-refractivity contribution is 0.356. The van der Waals surface area contributed by atoms with Crippen LogP contribution in [0.4, 0.5) is 0 Å². The average molecular weight is 360 g/mol. The highest BCUT2D eigenvalue weighted by Crippen LogP contribution is 2.35. The minimum absolute atomic E-state index is 0.631. The summed E-state index contributed by atoms with van der Waals surface area (Å²) in [5, 5.41) is 13.8. The van der Waals surface area contributed by atoms with Crippen LogP contribution in [-0.4, -0.2) is 34.2 Å². The first-order chi connectivity index (χ1) is 13.2. The summed E-state index contributed by atoms with van der Waals surface area (Å²) in [6.07, 6.45) is 5.63. The fourth-order valence-corrected chi connectivity index (χ4v) is 3.17. The van der Waals surface area contributed by atoms with Gasteiger partial charge in [0.1, 0.15) is 0 Å². The number of aromatic nitrogens is 4. The van der Waals surface area contributed by atoms with Gasteiger partial charge in [0.15, 0.2) is 11.5 Å². The van der Waals surface area contributed by atoms with Crippen molar-refractivity contribution >= 4 is 10.9 Å².